The maximum Gasteiger partial charge on any atom is 0.303 e. The third kappa shape index (κ3) is 6.16. The first-order chi connectivity index (χ1) is 15.7. The Morgan fingerprint density at radius 1 is 1.06 bits per heavy atom. The number of hydrogen-bond donors (Lipinski definition) is 2. The lowest BCUT2D eigenvalue weighted by Crippen LogP contribution is -2.29. The fourth-order valence-corrected chi connectivity index (χ4v) is 3.03. The SMILES string of the molecule is CC(=O)OC[C@H](COc1cccc(C(=O)c2c(N)n[nH]c2-c2ccc(F)cc2)c1)OC(C)=O. The Labute approximate surface area is 188 Å². The predicted molar refractivity (Wildman–Crippen MR) is 116 cm³/mol. The molecule has 0 saturated heterocycles. The molecule has 3 N–H and O–H groups in total. The van der Waals surface area contributed by atoms with Gasteiger partial charge in [-0.05, 0) is 36.4 Å². The van der Waals surface area contributed by atoms with Gasteiger partial charge in [0.2, 0.25) is 0 Å². The molecule has 0 fully saturated rings. The number of ether oxygens (including phenoxy) is 3. The van der Waals surface area contributed by atoms with Crippen LogP contribution in [0, 0.1) is 5.82 Å². The van der Waals surface area contributed by atoms with Crippen molar-refractivity contribution in [3.8, 4) is 17.0 Å². The molecule has 0 saturated carbocycles. The fourth-order valence-electron chi connectivity index (χ4n) is 3.03. The molecule has 0 aliphatic rings. The van der Waals surface area contributed by atoms with E-state index in [2.05, 4.69) is 10.2 Å². The third-order valence-electron chi connectivity index (χ3n) is 4.49. The Balaban J connectivity index is 1.79. The topological polar surface area (TPSA) is 134 Å². The summed E-state index contributed by atoms with van der Waals surface area (Å²) in [6.45, 7) is 2.20. The number of anilines is 1. The van der Waals surface area contributed by atoms with Gasteiger partial charge < -0.3 is 19.9 Å². The van der Waals surface area contributed by atoms with Crippen molar-refractivity contribution in [3.05, 3.63) is 65.5 Å². The van der Waals surface area contributed by atoms with Gasteiger partial charge in [0.15, 0.2) is 17.7 Å². The van der Waals surface area contributed by atoms with E-state index in [0.717, 1.165) is 0 Å². The monoisotopic (exact) mass is 455 g/mol. The third-order valence-corrected chi connectivity index (χ3v) is 4.49. The van der Waals surface area contributed by atoms with Crippen LogP contribution in [0.5, 0.6) is 5.75 Å². The van der Waals surface area contributed by atoms with Crippen LogP contribution in [0.1, 0.15) is 29.8 Å². The highest BCUT2D eigenvalue weighted by molar-refractivity contribution is 6.15. The number of carbonyl (C=O) groups is 3. The van der Waals surface area contributed by atoms with Crippen molar-refractivity contribution < 1.29 is 33.0 Å². The Bertz CT molecular complexity index is 1160. The van der Waals surface area contributed by atoms with Crippen LogP contribution in [0.15, 0.2) is 48.5 Å². The lowest BCUT2D eigenvalue weighted by Gasteiger charge is -2.17. The summed E-state index contributed by atoms with van der Waals surface area (Å²) >= 11 is 0. The minimum absolute atomic E-state index is 0.00181. The molecular weight excluding hydrogens is 433 g/mol. The molecule has 0 unspecified atom stereocenters. The zero-order chi connectivity index (χ0) is 24.0. The zero-order valence-corrected chi connectivity index (χ0v) is 18.0. The van der Waals surface area contributed by atoms with E-state index in [-0.39, 0.29) is 30.2 Å². The summed E-state index contributed by atoms with van der Waals surface area (Å²) in [5, 5.41) is 6.64. The summed E-state index contributed by atoms with van der Waals surface area (Å²) in [5.74, 6) is -1.57. The minimum atomic E-state index is -0.819. The van der Waals surface area contributed by atoms with Gasteiger partial charge in [-0.25, -0.2) is 4.39 Å². The maximum absolute atomic E-state index is 13.3. The van der Waals surface area contributed by atoms with E-state index in [4.69, 9.17) is 19.9 Å². The molecule has 0 amide bonds. The number of benzene rings is 2. The van der Waals surface area contributed by atoms with Gasteiger partial charge in [0.05, 0.1) is 11.3 Å². The second kappa shape index (κ2) is 10.4. The summed E-state index contributed by atoms with van der Waals surface area (Å²) in [5.41, 5.74) is 7.25. The molecule has 172 valence electrons. The quantitative estimate of drug-likeness (QED) is 0.372. The van der Waals surface area contributed by atoms with Gasteiger partial charge in [-0.15, -0.1) is 0 Å². The highest BCUT2D eigenvalue weighted by atomic mass is 19.1. The van der Waals surface area contributed by atoms with Crippen molar-refractivity contribution in [1.29, 1.82) is 0 Å². The summed E-state index contributed by atoms with van der Waals surface area (Å²) in [7, 11) is 0. The first kappa shape index (κ1) is 23.5. The molecule has 0 aliphatic carbocycles. The highest BCUT2D eigenvalue weighted by Crippen LogP contribution is 2.28. The van der Waals surface area contributed by atoms with Crippen molar-refractivity contribution >= 4 is 23.5 Å². The lowest BCUT2D eigenvalue weighted by atomic mass is 9.99. The van der Waals surface area contributed by atoms with Gasteiger partial charge >= 0.3 is 11.9 Å². The first-order valence-electron chi connectivity index (χ1n) is 9.92. The molecule has 1 aromatic heterocycles. The number of aromatic nitrogens is 2. The summed E-state index contributed by atoms with van der Waals surface area (Å²) < 4.78 is 28.9. The van der Waals surface area contributed by atoms with Crippen molar-refractivity contribution in [3.63, 3.8) is 0 Å². The minimum Gasteiger partial charge on any atom is -0.490 e. The molecule has 33 heavy (non-hydrogen) atoms. The molecule has 0 aliphatic heterocycles. The van der Waals surface area contributed by atoms with Crippen LogP contribution in [0.2, 0.25) is 0 Å². The van der Waals surface area contributed by atoms with E-state index in [1.54, 1.807) is 18.2 Å². The number of rotatable bonds is 9. The van der Waals surface area contributed by atoms with Crippen LogP contribution >= 0.6 is 0 Å². The second-order valence-electron chi connectivity index (χ2n) is 7.07. The average molecular weight is 455 g/mol. The number of hydrogen-bond acceptors (Lipinski definition) is 8. The molecule has 9 nitrogen and oxygen atoms in total. The van der Waals surface area contributed by atoms with Crippen molar-refractivity contribution in [2.75, 3.05) is 18.9 Å². The van der Waals surface area contributed by atoms with Crippen LogP contribution in [0.3, 0.4) is 0 Å². The number of ketones is 1. The number of carbonyl (C=O) groups excluding carboxylic acids is 3. The summed E-state index contributed by atoms with van der Waals surface area (Å²) in [6.07, 6.45) is -0.819. The molecule has 0 bridgehead atoms. The van der Waals surface area contributed by atoms with Crippen LogP contribution < -0.4 is 10.5 Å². The van der Waals surface area contributed by atoms with E-state index < -0.39 is 29.6 Å². The number of nitrogens with two attached hydrogens (primary N) is 1. The van der Waals surface area contributed by atoms with E-state index in [9.17, 15) is 18.8 Å². The summed E-state index contributed by atoms with van der Waals surface area (Å²) in [4.78, 5) is 35.5. The maximum atomic E-state index is 13.3. The number of nitrogens with one attached hydrogen (secondary N) is 1. The van der Waals surface area contributed by atoms with E-state index in [1.165, 1.54) is 44.2 Å². The number of nitrogen functional groups attached to an aromatic ring is 1. The Kier molecular flexibility index (Phi) is 7.39. The van der Waals surface area contributed by atoms with Crippen molar-refractivity contribution in [1.82, 2.24) is 10.2 Å². The fraction of sp³-hybridized carbons (Fsp3) is 0.217. The number of esters is 2. The molecule has 1 atom stereocenters. The predicted octanol–water partition coefficient (Wildman–Crippen LogP) is 2.90. The highest BCUT2D eigenvalue weighted by Gasteiger charge is 2.22. The molecule has 10 heteroatoms. The van der Waals surface area contributed by atoms with E-state index in [1.807, 2.05) is 0 Å². The van der Waals surface area contributed by atoms with Crippen molar-refractivity contribution in [2.24, 2.45) is 0 Å². The number of H-pyrrole nitrogens is 1. The van der Waals surface area contributed by atoms with E-state index >= 15 is 0 Å². The van der Waals surface area contributed by atoms with Gasteiger partial charge in [0.25, 0.3) is 0 Å². The lowest BCUT2D eigenvalue weighted by molar-refractivity contribution is -0.158. The normalized spacial score (nSPS) is 11.5. The van der Waals surface area contributed by atoms with Gasteiger partial charge in [-0.3, -0.25) is 19.5 Å². The summed E-state index contributed by atoms with van der Waals surface area (Å²) in [6, 6.07) is 11.9. The largest absolute Gasteiger partial charge is 0.490 e. The Morgan fingerprint density at radius 3 is 2.45 bits per heavy atom. The zero-order valence-electron chi connectivity index (χ0n) is 18.0. The molecule has 0 radical (unpaired) electrons. The van der Waals surface area contributed by atoms with E-state index in [0.29, 0.717) is 17.0 Å². The molecule has 0 spiro atoms. The smallest absolute Gasteiger partial charge is 0.303 e. The van der Waals surface area contributed by atoms with Gasteiger partial charge in [0.1, 0.15) is 24.8 Å². The number of halogens is 1. The van der Waals surface area contributed by atoms with Gasteiger partial charge in [0, 0.05) is 25.0 Å². The van der Waals surface area contributed by atoms with Crippen LogP contribution in [0.25, 0.3) is 11.3 Å². The first-order valence-corrected chi connectivity index (χ1v) is 9.92. The number of aromatic amines is 1. The Hall–Kier alpha value is -4.21. The van der Waals surface area contributed by atoms with Crippen LogP contribution in [-0.4, -0.2) is 47.2 Å². The molecule has 3 rings (SSSR count). The molecule has 2 aromatic carbocycles. The number of nitrogens with zero attached hydrogens (tertiary/aromatic N) is 1. The van der Waals surface area contributed by atoms with Gasteiger partial charge in [-0.2, -0.15) is 5.10 Å². The Morgan fingerprint density at radius 2 is 1.79 bits per heavy atom. The van der Waals surface area contributed by atoms with Crippen LogP contribution in [-0.2, 0) is 19.1 Å². The standard InChI is InChI=1S/C23H22FN3O6/c1-13(28)31-11-19(33-14(2)29)12-32-18-5-3-4-16(10-18)22(30)20-21(26-27-23(20)25)15-6-8-17(24)9-7-15/h3-10,19H,11-12H2,1-2H3,(H3,25,26,27)/t19-/m1/s1. The van der Waals surface area contributed by atoms with Crippen molar-refractivity contribution in [2.45, 2.75) is 20.0 Å². The average Bonchev–Trinajstić information content (AvgIpc) is 3.16. The van der Waals surface area contributed by atoms with Crippen LogP contribution in [0.4, 0.5) is 10.2 Å². The second-order valence-corrected chi connectivity index (χ2v) is 7.07. The van der Waals surface area contributed by atoms with Gasteiger partial charge in [-0.1, -0.05) is 12.1 Å². The molecular formula is C23H22FN3O6. The molecule has 3 aromatic rings. The molecule has 1 heterocycles.